The smallest absolute Gasteiger partial charge is 0.295 e. The molecule has 2 nitrogen and oxygen atoms in total. The average molecular weight is 361 g/mol. The first-order chi connectivity index (χ1) is 11.8. The Bertz CT molecular complexity index is 557. The Morgan fingerprint density at radius 1 is 0.880 bits per heavy atom. The molecule has 0 aromatic carbocycles. The zero-order chi connectivity index (χ0) is 18.1. The van der Waals surface area contributed by atoms with Crippen LogP contribution in [0.3, 0.4) is 0 Å². The molecule has 3 saturated carbocycles. The van der Waals surface area contributed by atoms with Crippen LogP contribution in [0.5, 0.6) is 0 Å². The predicted octanol–water partition coefficient (Wildman–Crippen LogP) is 5.80. The number of allylic oxidation sites excluding steroid dienone is 2. The fourth-order valence-electron chi connectivity index (χ4n) is 7.89. The van der Waals surface area contributed by atoms with Gasteiger partial charge in [-0.25, -0.2) is 0 Å². The Morgan fingerprint density at radius 3 is 2.00 bits per heavy atom. The van der Waals surface area contributed by atoms with Gasteiger partial charge in [-0.2, -0.15) is 0 Å². The van der Waals surface area contributed by atoms with Crippen molar-refractivity contribution in [3.8, 4) is 0 Å². The lowest BCUT2D eigenvalue weighted by atomic mass is 9.69. The minimum Gasteiger partial charge on any atom is -0.518 e. The van der Waals surface area contributed by atoms with E-state index in [9.17, 15) is 4.79 Å². The summed E-state index contributed by atoms with van der Waals surface area (Å²) in [4.78, 5) is 13.4. The SMILES string of the molecule is CC(C)[Si](OC(=O)C1CC2CC1C1C3C=CC(C3)C21)(C(C)C)C(C)C. The Morgan fingerprint density at radius 2 is 1.44 bits per heavy atom. The van der Waals surface area contributed by atoms with Gasteiger partial charge in [0.05, 0.1) is 5.92 Å². The highest BCUT2D eigenvalue weighted by molar-refractivity contribution is 6.78. The van der Waals surface area contributed by atoms with Crippen molar-refractivity contribution in [1.82, 2.24) is 0 Å². The van der Waals surface area contributed by atoms with Gasteiger partial charge in [0.25, 0.3) is 14.3 Å². The highest BCUT2D eigenvalue weighted by atomic mass is 28.4. The van der Waals surface area contributed by atoms with E-state index in [-0.39, 0.29) is 11.9 Å². The topological polar surface area (TPSA) is 26.3 Å². The maximum atomic E-state index is 13.4. The van der Waals surface area contributed by atoms with E-state index >= 15 is 0 Å². The van der Waals surface area contributed by atoms with Crippen LogP contribution in [0.1, 0.15) is 60.8 Å². The minimum absolute atomic E-state index is 0.181. The molecule has 0 amide bonds. The zero-order valence-electron chi connectivity index (χ0n) is 16.9. The van der Waals surface area contributed by atoms with E-state index < -0.39 is 8.32 Å². The average Bonchev–Trinajstić information content (AvgIpc) is 3.28. The van der Waals surface area contributed by atoms with E-state index in [0.717, 1.165) is 36.0 Å². The molecule has 4 bridgehead atoms. The number of carbonyl (C=O) groups is 1. The summed E-state index contributed by atoms with van der Waals surface area (Å²) in [6, 6.07) is 0. The fourth-order valence-corrected chi connectivity index (χ4v) is 13.1. The third kappa shape index (κ3) is 2.37. The van der Waals surface area contributed by atoms with E-state index in [2.05, 4.69) is 53.7 Å². The Balaban J connectivity index is 1.53. The lowest BCUT2D eigenvalue weighted by Gasteiger charge is -2.43. The number of carbonyl (C=O) groups excluding carboxylic acids is 1. The van der Waals surface area contributed by atoms with Gasteiger partial charge in [0.2, 0.25) is 0 Å². The summed E-state index contributed by atoms with van der Waals surface area (Å²) in [6.07, 6.45) is 8.72. The lowest BCUT2D eigenvalue weighted by Crippen LogP contribution is -2.51. The van der Waals surface area contributed by atoms with E-state index in [0.29, 0.717) is 22.5 Å². The Labute approximate surface area is 154 Å². The highest BCUT2D eigenvalue weighted by Crippen LogP contribution is 2.67. The summed E-state index contributed by atoms with van der Waals surface area (Å²) in [5, 5.41) is 0. The molecule has 140 valence electrons. The van der Waals surface area contributed by atoms with Crippen LogP contribution in [-0.4, -0.2) is 14.3 Å². The van der Waals surface area contributed by atoms with Gasteiger partial charge in [-0.05, 0) is 71.4 Å². The van der Waals surface area contributed by atoms with Crippen LogP contribution in [0.2, 0.25) is 16.6 Å². The molecule has 0 aliphatic heterocycles. The van der Waals surface area contributed by atoms with Crippen LogP contribution in [0, 0.1) is 41.4 Å². The van der Waals surface area contributed by atoms with Crippen LogP contribution in [0.4, 0.5) is 0 Å². The summed E-state index contributed by atoms with van der Waals surface area (Å²) < 4.78 is 6.57. The second-order valence-electron chi connectivity index (χ2n) is 10.3. The van der Waals surface area contributed by atoms with Crippen molar-refractivity contribution in [1.29, 1.82) is 0 Å². The fraction of sp³-hybridized carbons (Fsp3) is 0.864. The van der Waals surface area contributed by atoms with Gasteiger partial charge < -0.3 is 4.43 Å². The summed E-state index contributed by atoms with van der Waals surface area (Å²) >= 11 is 0. The maximum absolute atomic E-state index is 13.4. The highest BCUT2D eigenvalue weighted by Gasteiger charge is 2.63. The molecular weight excluding hydrogens is 324 g/mol. The molecule has 4 aliphatic carbocycles. The third-order valence-corrected chi connectivity index (χ3v) is 14.5. The van der Waals surface area contributed by atoms with Crippen molar-refractivity contribution in [3.05, 3.63) is 12.2 Å². The van der Waals surface area contributed by atoms with Crippen LogP contribution in [0.25, 0.3) is 0 Å². The molecule has 4 rings (SSSR count). The first-order valence-corrected chi connectivity index (χ1v) is 12.8. The lowest BCUT2D eigenvalue weighted by molar-refractivity contribution is -0.143. The van der Waals surface area contributed by atoms with Gasteiger partial charge in [0, 0.05) is 0 Å². The molecule has 0 radical (unpaired) electrons. The van der Waals surface area contributed by atoms with Crippen LogP contribution >= 0.6 is 0 Å². The van der Waals surface area contributed by atoms with Gasteiger partial charge in [-0.15, -0.1) is 0 Å². The molecule has 0 aromatic rings. The van der Waals surface area contributed by atoms with Crippen LogP contribution in [-0.2, 0) is 9.22 Å². The molecule has 7 unspecified atom stereocenters. The summed E-state index contributed by atoms with van der Waals surface area (Å²) in [6.45, 7) is 13.6. The molecule has 4 aliphatic rings. The molecule has 0 spiro atoms. The number of hydrogen-bond donors (Lipinski definition) is 0. The van der Waals surface area contributed by atoms with Gasteiger partial charge in [-0.3, -0.25) is 4.79 Å². The van der Waals surface area contributed by atoms with Crippen LogP contribution in [0.15, 0.2) is 12.2 Å². The zero-order valence-corrected chi connectivity index (χ0v) is 17.9. The van der Waals surface area contributed by atoms with E-state index in [1.807, 2.05) is 0 Å². The number of hydrogen-bond acceptors (Lipinski definition) is 2. The Kier molecular flexibility index (Phi) is 4.26. The number of rotatable bonds is 5. The molecule has 0 heterocycles. The van der Waals surface area contributed by atoms with E-state index in [4.69, 9.17) is 4.43 Å². The largest absolute Gasteiger partial charge is 0.518 e. The second kappa shape index (κ2) is 5.97. The summed E-state index contributed by atoms with van der Waals surface area (Å²) in [5.41, 5.74) is 1.44. The quantitative estimate of drug-likeness (QED) is 0.352. The van der Waals surface area contributed by atoms with Gasteiger partial charge >= 0.3 is 0 Å². The first kappa shape index (κ1) is 17.8. The maximum Gasteiger partial charge on any atom is 0.295 e. The van der Waals surface area contributed by atoms with Gasteiger partial charge in [0.1, 0.15) is 0 Å². The van der Waals surface area contributed by atoms with Crippen molar-refractivity contribution in [2.45, 2.75) is 77.4 Å². The summed E-state index contributed by atoms with van der Waals surface area (Å²) in [5.74, 6) is 5.06. The van der Waals surface area contributed by atoms with Crippen molar-refractivity contribution in [2.24, 2.45) is 41.4 Å². The first-order valence-electron chi connectivity index (χ1n) is 10.7. The molecule has 7 atom stereocenters. The number of fused-ring (bicyclic) bond motifs is 9. The molecular formula is C22H36O2Si. The normalized spacial score (nSPS) is 41.4. The molecule has 3 fully saturated rings. The monoisotopic (exact) mass is 360 g/mol. The van der Waals surface area contributed by atoms with Gasteiger partial charge in [0.15, 0.2) is 0 Å². The van der Waals surface area contributed by atoms with Crippen molar-refractivity contribution < 1.29 is 9.22 Å². The van der Waals surface area contributed by atoms with Crippen molar-refractivity contribution in [2.75, 3.05) is 0 Å². The standard InChI is InChI=1S/C22H36O2Si/c1-12(2)25(13(3)4,14(5)6)24-22(23)19-11-17-10-18(19)21-16-8-7-15(9-16)20(17)21/h7-8,12-21H,9-11H2,1-6H3. The second-order valence-corrected chi connectivity index (χ2v) is 15.7. The Hall–Kier alpha value is -0.573. The van der Waals surface area contributed by atoms with E-state index in [1.54, 1.807) is 0 Å². The molecule has 25 heavy (non-hydrogen) atoms. The molecule has 0 saturated heterocycles. The van der Waals surface area contributed by atoms with Crippen molar-refractivity contribution >= 4 is 14.3 Å². The predicted molar refractivity (Wildman–Crippen MR) is 105 cm³/mol. The van der Waals surface area contributed by atoms with Crippen molar-refractivity contribution in [3.63, 3.8) is 0 Å². The van der Waals surface area contributed by atoms with E-state index in [1.165, 1.54) is 12.8 Å². The molecule has 0 N–H and O–H groups in total. The van der Waals surface area contributed by atoms with Crippen LogP contribution < -0.4 is 0 Å². The third-order valence-electron chi connectivity index (χ3n) is 8.56. The molecule has 0 aromatic heterocycles. The molecule has 3 heteroatoms. The summed E-state index contributed by atoms with van der Waals surface area (Å²) in [7, 11) is -2.10. The minimum atomic E-state index is -2.10. The van der Waals surface area contributed by atoms with Gasteiger partial charge in [-0.1, -0.05) is 53.7 Å².